The van der Waals surface area contributed by atoms with Gasteiger partial charge in [-0.2, -0.15) is 8.42 Å². The Labute approximate surface area is 123 Å². The predicted octanol–water partition coefficient (Wildman–Crippen LogP) is 1.51. The Balaban J connectivity index is 2.71. The fraction of sp³-hybridized carbons (Fsp3) is 0. The van der Waals surface area contributed by atoms with Crippen molar-refractivity contribution in [2.45, 2.75) is 9.79 Å². The van der Waals surface area contributed by atoms with Crippen LogP contribution >= 0.6 is 12.0 Å². The van der Waals surface area contributed by atoms with Gasteiger partial charge in [0.1, 0.15) is 5.75 Å². The smallest absolute Gasteiger partial charge is 0.294 e. The maximum atomic E-state index is 11.2. The van der Waals surface area contributed by atoms with Crippen LogP contribution in [0.5, 0.6) is 5.75 Å². The number of fused-ring (bicyclic) bond motifs is 1. The molecule has 11 heteroatoms. The Morgan fingerprint density at radius 1 is 1.24 bits per heavy atom. The van der Waals surface area contributed by atoms with Crippen LogP contribution < -0.4 is 11.3 Å². The summed E-state index contributed by atoms with van der Waals surface area (Å²) in [6.07, 6.45) is 0. The van der Waals surface area contributed by atoms with Gasteiger partial charge in [0.15, 0.2) is 0 Å². The van der Waals surface area contributed by atoms with E-state index < -0.39 is 15.0 Å². The quantitative estimate of drug-likeness (QED) is 0.179. The van der Waals surface area contributed by atoms with Gasteiger partial charge < -0.3 is 10.5 Å². The van der Waals surface area contributed by atoms with Gasteiger partial charge in [0.2, 0.25) is 0 Å². The first-order valence-corrected chi connectivity index (χ1v) is 7.44. The molecule has 114 valence electrons. The zero-order chi connectivity index (χ0) is 15.6. The van der Waals surface area contributed by atoms with Crippen LogP contribution in [0, 0.1) is 0 Å². The van der Waals surface area contributed by atoms with Crippen molar-refractivity contribution < 1.29 is 32.7 Å². The van der Waals surface area contributed by atoms with Crippen LogP contribution in [0.25, 0.3) is 10.8 Å². The molecule has 0 saturated heterocycles. The second-order valence-electron chi connectivity index (χ2n) is 3.86. The molecule has 9 nitrogen and oxygen atoms in total. The lowest BCUT2D eigenvalue weighted by molar-refractivity contribution is -0.432. The maximum Gasteiger partial charge on any atom is 0.294 e. The molecular formula is C10H10N2O7S2. The highest BCUT2D eigenvalue weighted by Crippen LogP contribution is 2.37. The highest BCUT2D eigenvalue weighted by Gasteiger charge is 2.16. The number of benzene rings is 2. The van der Waals surface area contributed by atoms with E-state index in [-0.39, 0.29) is 22.2 Å². The van der Waals surface area contributed by atoms with Crippen molar-refractivity contribution in [2.75, 3.05) is 5.43 Å². The molecule has 2 aromatic rings. The van der Waals surface area contributed by atoms with Gasteiger partial charge in [0.05, 0.1) is 22.6 Å². The Hall–Kier alpha value is -1.60. The van der Waals surface area contributed by atoms with Crippen LogP contribution in [0.4, 0.5) is 5.69 Å². The minimum Gasteiger partial charge on any atom is -0.507 e. The van der Waals surface area contributed by atoms with E-state index in [4.69, 9.17) is 15.7 Å². The number of aromatic hydroxyl groups is 1. The minimum absolute atomic E-state index is 0.105. The van der Waals surface area contributed by atoms with Gasteiger partial charge in [-0.05, 0) is 29.7 Å². The summed E-state index contributed by atoms with van der Waals surface area (Å²) in [6, 6.07) is 4.96. The maximum absolute atomic E-state index is 11.2. The molecule has 0 aliphatic heterocycles. The summed E-state index contributed by atoms with van der Waals surface area (Å²) in [5.41, 5.74) is 2.35. The average molecular weight is 334 g/mol. The van der Waals surface area contributed by atoms with Crippen LogP contribution in [0.3, 0.4) is 0 Å². The van der Waals surface area contributed by atoms with E-state index in [9.17, 15) is 13.5 Å². The third kappa shape index (κ3) is 3.36. The van der Waals surface area contributed by atoms with Crippen molar-refractivity contribution in [2.24, 2.45) is 5.84 Å². The second kappa shape index (κ2) is 6.03. The molecule has 0 fully saturated rings. The lowest BCUT2D eigenvalue weighted by Crippen LogP contribution is -2.09. The molecule has 0 amide bonds. The van der Waals surface area contributed by atoms with Crippen molar-refractivity contribution in [1.29, 1.82) is 0 Å². The van der Waals surface area contributed by atoms with Crippen molar-refractivity contribution in [3.8, 4) is 5.75 Å². The number of hydrazine groups is 1. The van der Waals surface area contributed by atoms with Crippen molar-refractivity contribution in [3.63, 3.8) is 0 Å². The monoisotopic (exact) mass is 334 g/mol. The Morgan fingerprint density at radius 3 is 2.52 bits per heavy atom. The van der Waals surface area contributed by atoms with Crippen molar-refractivity contribution in [1.82, 2.24) is 0 Å². The van der Waals surface area contributed by atoms with E-state index in [1.54, 1.807) is 0 Å². The zero-order valence-corrected chi connectivity index (χ0v) is 11.8. The molecule has 0 atom stereocenters. The summed E-state index contributed by atoms with van der Waals surface area (Å²) in [5, 5.41) is 22.0. The Kier molecular flexibility index (Phi) is 4.53. The molecule has 21 heavy (non-hydrogen) atoms. The van der Waals surface area contributed by atoms with Gasteiger partial charge in [-0.15, -0.1) is 4.33 Å². The fourth-order valence-corrected chi connectivity index (χ4v) is 2.79. The van der Waals surface area contributed by atoms with E-state index in [2.05, 4.69) is 14.8 Å². The first-order valence-electron chi connectivity index (χ1n) is 5.26. The molecule has 0 aliphatic rings. The normalized spacial score (nSPS) is 11.8. The minimum atomic E-state index is -4.45. The van der Waals surface area contributed by atoms with Crippen LogP contribution in [-0.4, -0.2) is 23.3 Å². The third-order valence-corrected chi connectivity index (χ3v) is 3.98. The van der Waals surface area contributed by atoms with Gasteiger partial charge in [-0.1, -0.05) is 5.04 Å². The molecule has 0 radical (unpaired) electrons. The molecular weight excluding hydrogens is 324 g/mol. The molecule has 2 aromatic carbocycles. The number of hydrogen-bond acceptors (Lipinski definition) is 9. The van der Waals surface area contributed by atoms with E-state index in [1.807, 2.05) is 0 Å². The number of phenolic OH excluding ortho intramolecular Hbond substituents is 1. The molecule has 0 bridgehead atoms. The van der Waals surface area contributed by atoms with Gasteiger partial charge in [0.25, 0.3) is 10.1 Å². The zero-order valence-electron chi connectivity index (χ0n) is 10.2. The summed E-state index contributed by atoms with van der Waals surface area (Å²) >= 11 is 0.580. The van der Waals surface area contributed by atoms with E-state index in [0.717, 1.165) is 12.1 Å². The summed E-state index contributed by atoms with van der Waals surface area (Å²) in [7, 11) is -4.45. The molecule has 0 heterocycles. The van der Waals surface area contributed by atoms with Gasteiger partial charge in [-0.3, -0.25) is 10.4 Å². The van der Waals surface area contributed by atoms with E-state index >= 15 is 0 Å². The first kappa shape index (κ1) is 15.8. The fourth-order valence-electron chi connectivity index (χ4n) is 1.80. The highest BCUT2D eigenvalue weighted by atomic mass is 32.2. The van der Waals surface area contributed by atoms with Gasteiger partial charge in [-0.25, -0.2) is 5.26 Å². The Morgan fingerprint density at radius 2 is 1.95 bits per heavy atom. The Bertz CT molecular complexity index is 779. The molecule has 0 aliphatic carbocycles. The number of nitrogens with one attached hydrogen (secondary N) is 1. The van der Waals surface area contributed by atoms with Crippen LogP contribution in [0.15, 0.2) is 34.1 Å². The summed E-state index contributed by atoms with van der Waals surface area (Å²) < 4.78 is 35.8. The lowest BCUT2D eigenvalue weighted by Gasteiger charge is -2.11. The SMILES string of the molecule is NNc1cc(S(=O)(=O)O)cc2cc(SOOO)cc(O)c12. The predicted molar refractivity (Wildman–Crippen MR) is 73.9 cm³/mol. The first-order chi connectivity index (χ1) is 9.86. The second-order valence-corrected chi connectivity index (χ2v) is 6.05. The highest BCUT2D eigenvalue weighted by molar-refractivity contribution is 7.94. The summed E-state index contributed by atoms with van der Waals surface area (Å²) in [5.74, 6) is 5.08. The topological polar surface area (TPSA) is 151 Å². The summed E-state index contributed by atoms with van der Waals surface area (Å²) in [6.45, 7) is 0. The number of anilines is 1. The number of hydrogen-bond donors (Lipinski definition) is 5. The van der Waals surface area contributed by atoms with E-state index in [1.165, 1.54) is 12.1 Å². The standard InChI is InChI=1S/C10H10N2O7S2/c11-12-8-4-7(21(15,16)17)2-5-1-6(20-19-18-14)3-9(13)10(5)8/h1-4,12-14H,11H2,(H,15,16,17). The largest absolute Gasteiger partial charge is 0.507 e. The van der Waals surface area contributed by atoms with Gasteiger partial charge >= 0.3 is 0 Å². The molecule has 0 aromatic heterocycles. The molecule has 6 N–H and O–H groups in total. The van der Waals surface area contributed by atoms with Crippen LogP contribution in [-0.2, 0) is 19.5 Å². The lowest BCUT2D eigenvalue weighted by atomic mass is 10.1. The number of nitrogens with two attached hydrogens (primary N) is 1. The van der Waals surface area contributed by atoms with Gasteiger partial charge in [0, 0.05) is 10.3 Å². The number of rotatable bonds is 5. The third-order valence-electron chi connectivity index (χ3n) is 2.59. The molecule has 0 saturated carbocycles. The van der Waals surface area contributed by atoms with Crippen molar-refractivity contribution >= 4 is 38.6 Å². The van der Waals surface area contributed by atoms with Crippen LogP contribution in [0.2, 0.25) is 0 Å². The average Bonchev–Trinajstić information content (AvgIpc) is 2.42. The number of phenols is 1. The van der Waals surface area contributed by atoms with Crippen molar-refractivity contribution in [3.05, 3.63) is 24.3 Å². The molecule has 2 rings (SSSR count). The molecule has 0 spiro atoms. The number of nitrogen functional groups attached to an aromatic ring is 1. The molecule has 0 unspecified atom stereocenters. The van der Waals surface area contributed by atoms with Crippen LogP contribution in [0.1, 0.15) is 0 Å². The van der Waals surface area contributed by atoms with E-state index in [0.29, 0.717) is 16.9 Å². The summed E-state index contributed by atoms with van der Waals surface area (Å²) in [4.78, 5) is -0.0895.